The van der Waals surface area contributed by atoms with E-state index in [0.717, 1.165) is 25.1 Å². The number of para-hydroxylation sites is 1. The molecule has 0 spiro atoms. The van der Waals surface area contributed by atoms with Crippen LogP contribution in [-0.4, -0.2) is 17.8 Å². The van der Waals surface area contributed by atoms with Crippen molar-refractivity contribution in [1.29, 1.82) is 0 Å². The van der Waals surface area contributed by atoms with Crippen molar-refractivity contribution < 1.29 is 4.79 Å². The topological polar surface area (TPSA) is 33.2 Å². The van der Waals surface area contributed by atoms with Crippen LogP contribution in [0.5, 0.6) is 0 Å². The first kappa shape index (κ1) is 10.0. The van der Waals surface area contributed by atoms with Gasteiger partial charge in [-0.3, -0.25) is 4.79 Å². The lowest BCUT2D eigenvalue weighted by atomic mass is 10.2. The number of pyridine rings is 1. The summed E-state index contributed by atoms with van der Waals surface area (Å²) in [5, 5.41) is 0. The fourth-order valence-corrected chi connectivity index (χ4v) is 2.23. The fraction of sp³-hybridized carbons (Fsp3) is 0.143. The summed E-state index contributed by atoms with van der Waals surface area (Å²) in [5.74, 6) is 0.847. The summed E-state index contributed by atoms with van der Waals surface area (Å²) in [4.78, 5) is 17.3. The predicted octanol–water partition coefficient (Wildman–Crippen LogP) is 2.59. The molecule has 0 saturated carbocycles. The Balaban J connectivity index is 2.03. The van der Waals surface area contributed by atoms with Crippen molar-refractivity contribution in [1.82, 2.24) is 4.98 Å². The predicted molar refractivity (Wildman–Crippen MR) is 66.8 cm³/mol. The van der Waals surface area contributed by atoms with Crippen molar-refractivity contribution in [2.24, 2.45) is 0 Å². The molecule has 0 fully saturated rings. The van der Waals surface area contributed by atoms with Gasteiger partial charge in [-0.15, -0.1) is 0 Å². The molecule has 1 aromatic carbocycles. The highest BCUT2D eigenvalue weighted by molar-refractivity contribution is 5.78. The molecule has 1 aromatic heterocycles. The summed E-state index contributed by atoms with van der Waals surface area (Å²) < 4.78 is 0. The summed E-state index contributed by atoms with van der Waals surface area (Å²) in [6.45, 7) is 0.925. The van der Waals surface area contributed by atoms with Crippen molar-refractivity contribution in [3.8, 4) is 0 Å². The molecule has 3 rings (SSSR count). The SMILES string of the molecule is O=Cc1ccnc(N2CCc3ccccc32)c1. The maximum Gasteiger partial charge on any atom is 0.150 e. The first-order valence-electron chi connectivity index (χ1n) is 5.65. The lowest BCUT2D eigenvalue weighted by molar-refractivity contribution is 0.112. The number of aromatic nitrogens is 1. The molecular formula is C14H12N2O. The number of anilines is 2. The number of fused-ring (bicyclic) bond motifs is 1. The van der Waals surface area contributed by atoms with Crippen molar-refractivity contribution in [2.45, 2.75) is 6.42 Å². The van der Waals surface area contributed by atoms with Gasteiger partial charge in [-0.2, -0.15) is 0 Å². The second kappa shape index (κ2) is 4.01. The molecular weight excluding hydrogens is 212 g/mol. The van der Waals surface area contributed by atoms with Crippen LogP contribution in [0.4, 0.5) is 11.5 Å². The van der Waals surface area contributed by atoms with E-state index in [9.17, 15) is 4.79 Å². The lowest BCUT2D eigenvalue weighted by Gasteiger charge is -2.18. The van der Waals surface area contributed by atoms with Gasteiger partial charge in [0.05, 0.1) is 0 Å². The van der Waals surface area contributed by atoms with Gasteiger partial charge in [0.1, 0.15) is 12.1 Å². The largest absolute Gasteiger partial charge is 0.326 e. The molecule has 1 aliphatic heterocycles. The van der Waals surface area contributed by atoms with E-state index < -0.39 is 0 Å². The Labute approximate surface area is 99.7 Å². The molecule has 17 heavy (non-hydrogen) atoms. The Hall–Kier alpha value is -2.16. The molecule has 1 aliphatic rings. The molecule has 0 bridgehead atoms. The van der Waals surface area contributed by atoms with Gasteiger partial charge in [0, 0.05) is 24.0 Å². The van der Waals surface area contributed by atoms with Crippen LogP contribution < -0.4 is 4.90 Å². The third-order valence-corrected chi connectivity index (χ3v) is 3.07. The fourth-order valence-electron chi connectivity index (χ4n) is 2.23. The zero-order valence-electron chi connectivity index (χ0n) is 9.34. The maximum atomic E-state index is 10.8. The van der Waals surface area contributed by atoms with Gasteiger partial charge in [0.2, 0.25) is 0 Å². The third kappa shape index (κ3) is 1.69. The van der Waals surface area contributed by atoms with E-state index in [0.29, 0.717) is 5.56 Å². The summed E-state index contributed by atoms with van der Waals surface area (Å²) in [5.41, 5.74) is 3.20. The van der Waals surface area contributed by atoms with Gasteiger partial charge >= 0.3 is 0 Å². The first-order chi connectivity index (χ1) is 8.38. The zero-order chi connectivity index (χ0) is 11.7. The van der Waals surface area contributed by atoms with Crippen LogP contribution in [0.3, 0.4) is 0 Å². The van der Waals surface area contributed by atoms with Gasteiger partial charge in [-0.25, -0.2) is 4.98 Å². The van der Waals surface area contributed by atoms with E-state index in [1.165, 1.54) is 11.3 Å². The van der Waals surface area contributed by atoms with E-state index in [1.54, 1.807) is 12.3 Å². The highest BCUT2D eigenvalue weighted by Crippen LogP contribution is 2.32. The van der Waals surface area contributed by atoms with Gasteiger partial charge in [0.15, 0.2) is 0 Å². The number of hydrogen-bond acceptors (Lipinski definition) is 3. The molecule has 0 amide bonds. The standard InChI is InChI=1S/C14H12N2O/c17-10-11-5-7-15-14(9-11)16-8-6-12-3-1-2-4-13(12)16/h1-5,7,9-10H,6,8H2. The molecule has 0 saturated heterocycles. The Morgan fingerprint density at radius 2 is 2.12 bits per heavy atom. The van der Waals surface area contributed by atoms with Crippen LogP contribution in [0, 0.1) is 0 Å². The minimum Gasteiger partial charge on any atom is -0.326 e. The number of carbonyl (C=O) groups is 1. The van der Waals surface area contributed by atoms with Crippen LogP contribution in [0.15, 0.2) is 42.6 Å². The average Bonchev–Trinajstić information content (AvgIpc) is 2.82. The van der Waals surface area contributed by atoms with Gasteiger partial charge in [-0.05, 0) is 30.2 Å². The number of rotatable bonds is 2. The molecule has 0 radical (unpaired) electrons. The van der Waals surface area contributed by atoms with Crippen LogP contribution in [0.1, 0.15) is 15.9 Å². The quantitative estimate of drug-likeness (QED) is 0.735. The zero-order valence-corrected chi connectivity index (χ0v) is 9.34. The van der Waals surface area contributed by atoms with Crippen LogP contribution in [-0.2, 0) is 6.42 Å². The van der Waals surface area contributed by atoms with Crippen molar-refractivity contribution >= 4 is 17.8 Å². The van der Waals surface area contributed by atoms with Gasteiger partial charge < -0.3 is 4.90 Å². The van der Waals surface area contributed by atoms with E-state index in [1.807, 2.05) is 12.1 Å². The number of benzene rings is 1. The molecule has 0 N–H and O–H groups in total. The Morgan fingerprint density at radius 3 is 3.00 bits per heavy atom. The van der Waals surface area contributed by atoms with Crippen LogP contribution in [0.25, 0.3) is 0 Å². The number of nitrogens with zero attached hydrogens (tertiary/aromatic N) is 2. The molecule has 3 nitrogen and oxygen atoms in total. The third-order valence-electron chi connectivity index (χ3n) is 3.07. The molecule has 2 heterocycles. The molecule has 84 valence electrons. The van der Waals surface area contributed by atoms with Crippen molar-refractivity contribution in [3.63, 3.8) is 0 Å². The van der Waals surface area contributed by atoms with E-state index in [-0.39, 0.29) is 0 Å². The maximum absolute atomic E-state index is 10.8. The normalized spacial score (nSPS) is 13.5. The lowest BCUT2D eigenvalue weighted by Crippen LogP contribution is -2.14. The summed E-state index contributed by atoms with van der Waals surface area (Å²) in [6.07, 6.45) is 3.57. The van der Waals surface area contributed by atoms with Crippen molar-refractivity contribution in [3.05, 3.63) is 53.7 Å². The number of aldehydes is 1. The van der Waals surface area contributed by atoms with Gasteiger partial charge in [0.25, 0.3) is 0 Å². The highest BCUT2D eigenvalue weighted by Gasteiger charge is 2.20. The second-order valence-electron chi connectivity index (χ2n) is 4.10. The molecule has 0 unspecified atom stereocenters. The Bertz CT molecular complexity index is 566. The Morgan fingerprint density at radius 1 is 1.24 bits per heavy atom. The summed E-state index contributed by atoms with van der Waals surface area (Å²) in [6, 6.07) is 11.9. The first-order valence-corrected chi connectivity index (χ1v) is 5.65. The molecule has 0 atom stereocenters. The highest BCUT2D eigenvalue weighted by atomic mass is 16.1. The summed E-state index contributed by atoms with van der Waals surface area (Å²) in [7, 11) is 0. The molecule has 3 heteroatoms. The van der Waals surface area contributed by atoms with E-state index >= 15 is 0 Å². The summed E-state index contributed by atoms with van der Waals surface area (Å²) >= 11 is 0. The van der Waals surface area contributed by atoms with Crippen molar-refractivity contribution in [2.75, 3.05) is 11.4 Å². The second-order valence-corrected chi connectivity index (χ2v) is 4.10. The van der Waals surface area contributed by atoms with Crippen LogP contribution in [0.2, 0.25) is 0 Å². The minimum atomic E-state index is 0.666. The molecule has 2 aromatic rings. The van der Waals surface area contributed by atoms with Gasteiger partial charge in [-0.1, -0.05) is 18.2 Å². The van der Waals surface area contributed by atoms with E-state index in [4.69, 9.17) is 0 Å². The average molecular weight is 224 g/mol. The minimum absolute atomic E-state index is 0.666. The number of carbonyl (C=O) groups excluding carboxylic acids is 1. The monoisotopic (exact) mass is 224 g/mol. The van der Waals surface area contributed by atoms with Crippen LogP contribution >= 0.6 is 0 Å². The number of hydrogen-bond donors (Lipinski definition) is 0. The Kier molecular flexibility index (Phi) is 2.37. The molecule has 0 aliphatic carbocycles. The van der Waals surface area contributed by atoms with E-state index in [2.05, 4.69) is 28.1 Å². The smallest absolute Gasteiger partial charge is 0.150 e.